The molecule has 2 aromatic rings. The summed E-state index contributed by atoms with van der Waals surface area (Å²) in [6, 6.07) is 0. The zero-order chi connectivity index (χ0) is 14.0. The highest BCUT2D eigenvalue weighted by Gasteiger charge is 2.18. The summed E-state index contributed by atoms with van der Waals surface area (Å²) >= 11 is 7.97. The minimum Gasteiger partial charge on any atom is -0.478 e. The van der Waals surface area contributed by atoms with Gasteiger partial charge in [0.05, 0.1) is 0 Å². The lowest BCUT2D eigenvalue weighted by atomic mass is 10.2. The average molecular weight is 319 g/mol. The van der Waals surface area contributed by atoms with Crippen molar-refractivity contribution in [1.82, 2.24) is 19.6 Å². The van der Waals surface area contributed by atoms with Crippen LogP contribution in [0.2, 0.25) is 4.34 Å². The van der Waals surface area contributed by atoms with Crippen LogP contribution in [-0.2, 0) is 5.75 Å². The second-order valence-electron chi connectivity index (χ2n) is 3.43. The molecule has 0 radical (unpaired) electrons. The van der Waals surface area contributed by atoms with Crippen LogP contribution in [0.5, 0.6) is 0 Å². The average Bonchev–Trinajstić information content (AvgIpc) is 2.70. The van der Waals surface area contributed by atoms with Gasteiger partial charge < -0.3 is 10.1 Å². The highest BCUT2D eigenvalue weighted by molar-refractivity contribution is 7.98. The summed E-state index contributed by atoms with van der Waals surface area (Å²) in [4.78, 5) is 28.5. The number of carboxylic acid groups (broad SMARTS) is 1. The molecule has 2 aromatic heterocycles. The van der Waals surface area contributed by atoms with E-state index in [2.05, 4.69) is 19.6 Å². The molecule has 0 unspecified atom stereocenters. The van der Waals surface area contributed by atoms with Crippen molar-refractivity contribution in [2.45, 2.75) is 17.7 Å². The Morgan fingerprint density at radius 1 is 1.58 bits per heavy atom. The maximum atomic E-state index is 11.3. The molecule has 0 saturated heterocycles. The number of H-pyrrole nitrogens is 1. The molecule has 0 amide bonds. The molecule has 0 aliphatic carbocycles. The highest BCUT2D eigenvalue weighted by atomic mass is 35.5. The minimum atomic E-state index is -1.15. The van der Waals surface area contributed by atoms with E-state index in [-0.39, 0.29) is 16.3 Å². The van der Waals surface area contributed by atoms with Crippen molar-refractivity contribution in [2.24, 2.45) is 0 Å². The van der Waals surface area contributed by atoms with Gasteiger partial charge in [-0.1, -0.05) is 27.9 Å². The Balaban J connectivity index is 2.32. The first-order valence-corrected chi connectivity index (χ1v) is 7.06. The van der Waals surface area contributed by atoms with Gasteiger partial charge in [0.2, 0.25) is 0 Å². The van der Waals surface area contributed by atoms with E-state index < -0.39 is 11.7 Å². The number of nitrogens with zero attached hydrogens (tertiary/aromatic N) is 3. The normalized spacial score (nSPS) is 10.6. The van der Waals surface area contributed by atoms with E-state index in [4.69, 9.17) is 16.7 Å². The van der Waals surface area contributed by atoms with Crippen LogP contribution in [0.4, 0.5) is 0 Å². The second kappa shape index (κ2) is 5.68. The maximum Gasteiger partial charge on any atom is 0.346 e. The van der Waals surface area contributed by atoms with Crippen LogP contribution in [0.3, 0.4) is 0 Å². The number of aromatic amines is 1. The van der Waals surface area contributed by atoms with E-state index in [9.17, 15) is 9.59 Å². The summed E-state index contributed by atoms with van der Waals surface area (Å²) in [7, 11) is 0. The number of carboxylic acids is 1. The molecule has 2 rings (SSSR count). The molecule has 0 spiro atoms. The van der Waals surface area contributed by atoms with Crippen molar-refractivity contribution in [3.63, 3.8) is 0 Å². The lowest BCUT2D eigenvalue weighted by molar-refractivity contribution is 0.0690. The van der Waals surface area contributed by atoms with Crippen molar-refractivity contribution in [3.8, 4) is 0 Å². The summed E-state index contributed by atoms with van der Waals surface area (Å²) in [5, 5.41) is 13.1. The molecule has 0 fully saturated rings. The molecule has 0 bridgehead atoms. The van der Waals surface area contributed by atoms with E-state index in [1.165, 1.54) is 6.92 Å². The van der Waals surface area contributed by atoms with Gasteiger partial charge in [0.25, 0.3) is 0 Å². The highest BCUT2D eigenvalue weighted by Crippen LogP contribution is 2.28. The van der Waals surface area contributed by atoms with Gasteiger partial charge in [-0.05, 0) is 6.92 Å². The zero-order valence-electron chi connectivity index (χ0n) is 9.51. The number of hydrogen-bond donors (Lipinski definition) is 2. The van der Waals surface area contributed by atoms with E-state index in [0.717, 1.165) is 23.3 Å². The van der Waals surface area contributed by atoms with Gasteiger partial charge in [0.1, 0.15) is 20.6 Å². The number of hydrogen-bond acceptors (Lipinski definition) is 7. The van der Waals surface area contributed by atoms with Gasteiger partial charge in [0, 0.05) is 23.0 Å². The molecule has 0 aliphatic heterocycles. The Morgan fingerprint density at radius 2 is 2.32 bits per heavy atom. The van der Waals surface area contributed by atoms with Crippen molar-refractivity contribution < 1.29 is 9.90 Å². The predicted molar refractivity (Wildman–Crippen MR) is 71.0 cm³/mol. The third-order valence-corrected chi connectivity index (χ3v) is 4.13. The molecular formula is C9H7ClN4O3S2. The summed E-state index contributed by atoms with van der Waals surface area (Å²) in [5.74, 6) is -0.850. The zero-order valence-corrected chi connectivity index (χ0v) is 11.9. The molecule has 0 saturated carbocycles. The van der Waals surface area contributed by atoms with Crippen molar-refractivity contribution in [3.05, 3.63) is 31.8 Å². The molecule has 2 N–H and O–H groups in total. The van der Waals surface area contributed by atoms with Gasteiger partial charge in [-0.3, -0.25) is 0 Å². The summed E-state index contributed by atoms with van der Waals surface area (Å²) < 4.78 is 4.10. The Hall–Kier alpha value is -1.45. The largest absolute Gasteiger partial charge is 0.478 e. The van der Waals surface area contributed by atoms with Gasteiger partial charge in [-0.15, -0.1) is 5.10 Å². The lowest BCUT2D eigenvalue weighted by Gasteiger charge is -2.05. The first-order valence-electron chi connectivity index (χ1n) is 4.92. The van der Waals surface area contributed by atoms with Gasteiger partial charge in [-0.25, -0.2) is 9.59 Å². The van der Waals surface area contributed by atoms with Crippen LogP contribution in [0, 0.1) is 6.92 Å². The Kier molecular flexibility index (Phi) is 4.17. The van der Waals surface area contributed by atoms with Crippen LogP contribution in [0.15, 0.2) is 9.82 Å². The third kappa shape index (κ3) is 3.11. The summed E-state index contributed by atoms with van der Waals surface area (Å²) in [5.41, 5.74) is 0.182. The van der Waals surface area contributed by atoms with Crippen LogP contribution in [0.25, 0.3) is 0 Å². The first-order chi connectivity index (χ1) is 8.99. The SMILES string of the molecule is Cc1[nH]c(=O)nc(SCc2nnsc2Cl)c1C(=O)O. The Labute approximate surface area is 120 Å². The smallest absolute Gasteiger partial charge is 0.346 e. The topological polar surface area (TPSA) is 109 Å². The lowest BCUT2D eigenvalue weighted by Crippen LogP contribution is -2.18. The van der Waals surface area contributed by atoms with E-state index >= 15 is 0 Å². The molecule has 100 valence electrons. The molecule has 2 heterocycles. The fourth-order valence-electron chi connectivity index (χ4n) is 1.34. The van der Waals surface area contributed by atoms with Crippen molar-refractivity contribution >= 4 is 40.9 Å². The molecule has 7 nitrogen and oxygen atoms in total. The minimum absolute atomic E-state index is 0.0242. The molecular weight excluding hydrogens is 312 g/mol. The predicted octanol–water partition coefficient (Wildman–Crippen LogP) is 1.57. The summed E-state index contributed by atoms with van der Waals surface area (Å²) in [6.07, 6.45) is 0. The molecule has 0 aromatic carbocycles. The fourth-order valence-corrected chi connectivity index (χ4v) is 3.14. The molecule has 10 heteroatoms. The van der Waals surface area contributed by atoms with Crippen LogP contribution >= 0.6 is 34.9 Å². The first kappa shape index (κ1) is 14.0. The molecule has 19 heavy (non-hydrogen) atoms. The Morgan fingerprint density at radius 3 is 2.89 bits per heavy atom. The van der Waals surface area contributed by atoms with Crippen molar-refractivity contribution in [2.75, 3.05) is 0 Å². The quantitative estimate of drug-likeness (QED) is 0.650. The van der Waals surface area contributed by atoms with Gasteiger partial charge in [0.15, 0.2) is 0 Å². The number of aromatic carboxylic acids is 1. The molecule has 0 aliphatic rings. The van der Waals surface area contributed by atoms with Crippen molar-refractivity contribution in [1.29, 1.82) is 0 Å². The maximum absolute atomic E-state index is 11.3. The molecule has 0 atom stereocenters. The van der Waals surface area contributed by atoms with Crippen LogP contribution < -0.4 is 5.69 Å². The number of aromatic nitrogens is 4. The number of nitrogens with one attached hydrogen (secondary N) is 1. The van der Waals surface area contributed by atoms with E-state index in [0.29, 0.717) is 15.8 Å². The summed E-state index contributed by atoms with van der Waals surface area (Å²) in [6.45, 7) is 1.51. The fraction of sp³-hybridized carbons (Fsp3) is 0.222. The second-order valence-corrected chi connectivity index (χ2v) is 5.75. The monoisotopic (exact) mass is 318 g/mol. The van der Waals surface area contributed by atoms with Crippen LogP contribution in [-0.4, -0.2) is 30.6 Å². The number of carbonyl (C=O) groups is 1. The number of aryl methyl sites for hydroxylation is 1. The third-order valence-electron chi connectivity index (χ3n) is 2.16. The number of thioether (sulfide) groups is 1. The van der Waals surface area contributed by atoms with Gasteiger partial charge in [-0.2, -0.15) is 4.98 Å². The number of halogens is 1. The number of rotatable bonds is 4. The van der Waals surface area contributed by atoms with Gasteiger partial charge >= 0.3 is 11.7 Å². The van der Waals surface area contributed by atoms with E-state index in [1.807, 2.05) is 0 Å². The Bertz CT molecular complexity index is 684. The van der Waals surface area contributed by atoms with E-state index in [1.54, 1.807) is 0 Å². The van der Waals surface area contributed by atoms with Crippen LogP contribution in [0.1, 0.15) is 21.7 Å². The standard InChI is InChI=1S/C9H7ClN4O3S2/c1-3-5(8(15)16)7(12-9(17)11-3)18-2-4-6(10)19-14-13-4/h2H2,1H3,(H,15,16)(H,11,12,17).